The van der Waals surface area contributed by atoms with Crippen molar-refractivity contribution in [1.29, 1.82) is 0 Å². The van der Waals surface area contributed by atoms with E-state index in [1.165, 1.54) is 16.2 Å². The summed E-state index contributed by atoms with van der Waals surface area (Å²) >= 11 is 7.50. The van der Waals surface area contributed by atoms with E-state index in [1.54, 1.807) is 25.2 Å². The minimum atomic E-state index is -0.464. The number of thiazole rings is 1. The van der Waals surface area contributed by atoms with Crippen molar-refractivity contribution in [1.82, 2.24) is 30.4 Å². The number of nitrogens with one attached hydrogen (secondary N) is 3. The Labute approximate surface area is 247 Å². The van der Waals surface area contributed by atoms with E-state index in [2.05, 4.69) is 25.5 Å². The fraction of sp³-hybridized carbons (Fsp3) is 0.481. The monoisotopic (exact) mass is 608 g/mol. The van der Waals surface area contributed by atoms with Crippen molar-refractivity contribution in [2.24, 2.45) is 5.92 Å². The molecule has 0 spiro atoms. The molecule has 1 saturated carbocycles. The van der Waals surface area contributed by atoms with Crippen LogP contribution >= 0.6 is 35.3 Å². The lowest BCUT2D eigenvalue weighted by Crippen LogP contribution is -2.56. The molecule has 1 aromatic carbocycles. The molecule has 0 radical (unpaired) electrons. The highest BCUT2D eigenvalue weighted by Crippen LogP contribution is 2.29. The van der Waals surface area contributed by atoms with Crippen LogP contribution < -0.4 is 10.6 Å². The Bertz CT molecular complexity index is 1390. The molecule has 3 unspecified atom stereocenters. The standard InChI is InChI=1S/C27H33ClN6O4S.ClH/c1-33-8-7-20-23(14-33)39-26(32-20)25(37)31-21-12-15(27(38)34(2)9-10-35)3-5-19(21)30-24(36)22-13-16-11-17(28)4-6-18(16)29-22;/h4,6,11,13,15,19,21,29,35H,3,5,7-10,12,14H2,1-2H3,(H,30,36)(H,31,37);1H. The summed E-state index contributed by atoms with van der Waals surface area (Å²) in [5.74, 6) is -0.985. The molecule has 5 rings (SSSR count). The van der Waals surface area contributed by atoms with Gasteiger partial charge in [-0.1, -0.05) is 11.6 Å². The van der Waals surface area contributed by atoms with Crippen LogP contribution in [-0.2, 0) is 17.8 Å². The molecule has 0 bridgehead atoms. The lowest BCUT2D eigenvalue weighted by atomic mass is 9.81. The second-order valence-corrected chi connectivity index (χ2v) is 12.0. The molecule has 2 aliphatic rings. The number of amides is 3. The van der Waals surface area contributed by atoms with Gasteiger partial charge in [-0.05, 0) is 50.6 Å². The zero-order valence-electron chi connectivity index (χ0n) is 22.4. The van der Waals surface area contributed by atoms with Crippen molar-refractivity contribution in [3.63, 3.8) is 0 Å². The van der Waals surface area contributed by atoms with Gasteiger partial charge in [0.1, 0.15) is 5.69 Å². The molecular formula is C27H34Cl2N6O4S. The molecule has 4 N–H and O–H groups in total. The van der Waals surface area contributed by atoms with Gasteiger partial charge in [0.2, 0.25) is 5.91 Å². The van der Waals surface area contributed by atoms with Crippen LogP contribution in [0.5, 0.6) is 0 Å². The second kappa shape index (κ2) is 12.9. The van der Waals surface area contributed by atoms with Gasteiger partial charge in [0.25, 0.3) is 11.8 Å². The van der Waals surface area contributed by atoms with E-state index in [0.29, 0.717) is 35.0 Å². The molecule has 3 amide bonds. The van der Waals surface area contributed by atoms with Crippen LogP contribution in [-0.4, -0.2) is 88.5 Å². The van der Waals surface area contributed by atoms with E-state index in [1.807, 2.05) is 13.1 Å². The number of fused-ring (bicyclic) bond motifs is 2. The van der Waals surface area contributed by atoms with E-state index in [0.717, 1.165) is 41.0 Å². The van der Waals surface area contributed by atoms with E-state index in [4.69, 9.17) is 11.6 Å². The number of nitrogens with zero attached hydrogens (tertiary/aromatic N) is 3. The Morgan fingerprint density at radius 2 is 1.98 bits per heavy atom. The van der Waals surface area contributed by atoms with Crippen molar-refractivity contribution < 1.29 is 19.5 Å². The van der Waals surface area contributed by atoms with E-state index in [9.17, 15) is 19.5 Å². The van der Waals surface area contributed by atoms with Gasteiger partial charge in [0, 0.05) is 65.9 Å². The van der Waals surface area contributed by atoms with Gasteiger partial charge >= 0.3 is 0 Å². The van der Waals surface area contributed by atoms with Crippen molar-refractivity contribution >= 4 is 64.0 Å². The van der Waals surface area contributed by atoms with Crippen molar-refractivity contribution in [3.8, 4) is 0 Å². The van der Waals surface area contributed by atoms with Crippen molar-refractivity contribution in [3.05, 3.63) is 50.6 Å². The number of rotatable bonds is 7. The number of carbonyl (C=O) groups is 3. The topological polar surface area (TPSA) is 131 Å². The van der Waals surface area contributed by atoms with Crippen LogP contribution in [0.2, 0.25) is 5.02 Å². The summed E-state index contributed by atoms with van der Waals surface area (Å²) in [7, 11) is 3.71. The number of aromatic nitrogens is 2. The lowest BCUT2D eigenvalue weighted by molar-refractivity contribution is -0.136. The smallest absolute Gasteiger partial charge is 0.280 e. The average molecular weight is 610 g/mol. The first-order valence-electron chi connectivity index (χ1n) is 13.1. The quantitative estimate of drug-likeness (QED) is 0.326. The summed E-state index contributed by atoms with van der Waals surface area (Å²) in [6.45, 7) is 1.80. The number of hydrogen-bond donors (Lipinski definition) is 4. The first kappa shape index (κ1) is 30.3. The first-order chi connectivity index (χ1) is 18.7. The maximum atomic E-state index is 13.3. The third kappa shape index (κ3) is 6.60. The van der Waals surface area contributed by atoms with Crippen molar-refractivity contribution in [2.75, 3.05) is 33.8 Å². The van der Waals surface area contributed by atoms with Gasteiger partial charge < -0.3 is 30.5 Å². The maximum absolute atomic E-state index is 13.3. The number of hydrogen-bond acceptors (Lipinski definition) is 7. The predicted octanol–water partition coefficient (Wildman–Crippen LogP) is 2.84. The third-order valence-corrected chi connectivity index (χ3v) is 8.90. The molecule has 13 heteroatoms. The first-order valence-corrected chi connectivity index (χ1v) is 14.3. The number of aliphatic hydroxyl groups excluding tert-OH is 1. The Balaban J connectivity index is 0.00000370. The number of benzene rings is 1. The second-order valence-electron chi connectivity index (χ2n) is 10.4. The lowest BCUT2D eigenvalue weighted by Gasteiger charge is -2.37. The minimum absolute atomic E-state index is 0. The number of aromatic amines is 1. The highest BCUT2D eigenvalue weighted by molar-refractivity contribution is 7.13. The third-order valence-electron chi connectivity index (χ3n) is 7.59. The van der Waals surface area contributed by atoms with Crippen LogP contribution in [0.4, 0.5) is 0 Å². The summed E-state index contributed by atoms with van der Waals surface area (Å²) in [4.78, 5) is 52.1. The highest BCUT2D eigenvalue weighted by Gasteiger charge is 2.37. The van der Waals surface area contributed by atoms with Gasteiger partial charge in [0.15, 0.2) is 5.01 Å². The zero-order valence-corrected chi connectivity index (χ0v) is 24.8. The van der Waals surface area contributed by atoms with Gasteiger partial charge in [-0.3, -0.25) is 14.4 Å². The van der Waals surface area contributed by atoms with Crippen LogP contribution in [0.15, 0.2) is 24.3 Å². The van der Waals surface area contributed by atoms with E-state index >= 15 is 0 Å². The average Bonchev–Trinajstić information content (AvgIpc) is 3.53. The molecule has 40 heavy (non-hydrogen) atoms. The zero-order chi connectivity index (χ0) is 27.7. The number of halogens is 2. The van der Waals surface area contributed by atoms with Gasteiger partial charge in [-0.2, -0.15) is 0 Å². The Hall–Kier alpha value is -2.70. The SMILES string of the molecule is CN1CCc2nc(C(=O)NC3CC(C(=O)N(C)CCO)CCC3NC(=O)c3cc4cc(Cl)ccc4[nH]3)sc2C1.Cl. The van der Waals surface area contributed by atoms with E-state index in [-0.39, 0.29) is 55.2 Å². The summed E-state index contributed by atoms with van der Waals surface area (Å²) in [5, 5.41) is 17.2. The van der Waals surface area contributed by atoms with Crippen LogP contribution in [0.1, 0.15) is 50.1 Å². The molecule has 2 aromatic heterocycles. The molecule has 3 atom stereocenters. The maximum Gasteiger partial charge on any atom is 0.280 e. The van der Waals surface area contributed by atoms with Crippen LogP contribution in [0.3, 0.4) is 0 Å². The number of H-pyrrole nitrogens is 1. The molecule has 216 valence electrons. The Morgan fingerprint density at radius 3 is 2.75 bits per heavy atom. The summed E-state index contributed by atoms with van der Waals surface area (Å²) < 4.78 is 0. The Morgan fingerprint density at radius 1 is 1.20 bits per heavy atom. The number of likely N-dealkylation sites (N-methyl/N-ethyl adjacent to an activating group) is 2. The number of carbonyl (C=O) groups excluding carboxylic acids is 3. The minimum Gasteiger partial charge on any atom is -0.395 e. The molecule has 0 saturated heterocycles. The van der Waals surface area contributed by atoms with Gasteiger partial charge in [0.05, 0.1) is 18.3 Å². The van der Waals surface area contributed by atoms with Crippen molar-refractivity contribution in [2.45, 2.75) is 44.3 Å². The van der Waals surface area contributed by atoms with Crippen LogP contribution in [0, 0.1) is 5.92 Å². The molecule has 1 aliphatic heterocycles. The largest absolute Gasteiger partial charge is 0.395 e. The summed E-state index contributed by atoms with van der Waals surface area (Å²) in [6.07, 6.45) is 2.26. The fourth-order valence-electron chi connectivity index (χ4n) is 5.42. The number of aliphatic hydroxyl groups is 1. The normalized spacial score (nSPS) is 20.9. The van der Waals surface area contributed by atoms with Crippen LogP contribution in [0.25, 0.3) is 10.9 Å². The molecule has 1 fully saturated rings. The fourth-order valence-corrected chi connectivity index (χ4v) is 6.69. The molecule has 3 heterocycles. The Kier molecular flexibility index (Phi) is 9.73. The highest BCUT2D eigenvalue weighted by atomic mass is 35.5. The van der Waals surface area contributed by atoms with Gasteiger partial charge in [-0.15, -0.1) is 23.7 Å². The predicted molar refractivity (Wildman–Crippen MR) is 157 cm³/mol. The summed E-state index contributed by atoms with van der Waals surface area (Å²) in [5.41, 5.74) is 2.17. The molecular weight excluding hydrogens is 575 g/mol. The molecule has 10 nitrogen and oxygen atoms in total. The molecule has 1 aliphatic carbocycles. The van der Waals surface area contributed by atoms with E-state index < -0.39 is 6.04 Å². The summed E-state index contributed by atoms with van der Waals surface area (Å²) in [6, 6.07) is 6.29. The molecule has 3 aromatic rings. The van der Waals surface area contributed by atoms with Gasteiger partial charge in [-0.25, -0.2) is 4.98 Å².